The van der Waals surface area contributed by atoms with Crippen LogP contribution in [0, 0.1) is 26.7 Å². The summed E-state index contributed by atoms with van der Waals surface area (Å²) < 4.78 is 5.42. The van der Waals surface area contributed by atoms with Gasteiger partial charge in [-0.3, -0.25) is 0 Å². The summed E-state index contributed by atoms with van der Waals surface area (Å²) in [5.41, 5.74) is 5.36. The number of hydrogen-bond acceptors (Lipinski definition) is 1. The fraction of sp³-hybridized carbons (Fsp3) is 0.538. The number of halogens is 1. The van der Waals surface area contributed by atoms with Gasteiger partial charge in [-0.2, -0.15) is 0 Å². The van der Waals surface area contributed by atoms with Crippen molar-refractivity contribution in [2.24, 2.45) is 5.92 Å². The monoisotopic (exact) mass is 318 g/mol. The number of aryl methyl sites for hydroxylation is 2. The highest BCUT2D eigenvalue weighted by Gasteiger charge is 2.12. The van der Waals surface area contributed by atoms with E-state index in [1.165, 1.54) is 22.3 Å². The SMILES string of the molecule is Cc1cc(C)c(OI)c(C)c1CC(C)C. The van der Waals surface area contributed by atoms with Crippen molar-refractivity contribution in [2.75, 3.05) is 0 Å². The highest BCUT2D eigenvalue weighted by Crippen LogP contribution is 2.31. The smallest absolute Gasteiger partial charge is 0.192 e. The van der Waals surface area contributed by atoms with Crippen molar-refractivity contribution in [1.29, 1.82) is 0 Å². The average Bonchev–Trinajstić information content (AvgIpc) is 2.12. The molecule has 0 aromatic heterocycles. The fourth-order valence-electron chi connectivity index (χ4n) is 2.05. The molecule has 1 aromatic carbocycles. The van der Waals surface area contributed by atoms with Crippen molar-refractivity contribution in [3.63, 3.8) is 0 Å². The standard InChI is InChI=1S/C13H19IO/c1-8(2)6-12-9(3)7-10(4)13(15-14)11(12)5/h7-8H,6H2,1-5H3. The van der Waals surface area contributed by atoms with Crippen LogP contribution in [0.4, 0.5) is 0 Å². The van der Waals surface area contributed by atoms with E-state index in [0.29, 0.717) is 5.92 Å². The quantitative estimate of drug-likeness (QED) is 0.744. The average molecular weight is 318 g/mol. The van der Waals surface area contributed by atoms with Crippen LogP contribution in [0.3, 0.4) is 0 Å². The maximum atomic E-state index is 5.42. The lowest BCUT2D eigenvalue weighted by molar-refractivity contribution is 0.634. The Hall–Kier alpha value is -0.250. The largest absolute Gasteiger partial charge is 0.427 e. The fourth-order valence-corrected chi connectivity index (χ4v) is 2.72. The summed E-state index contributed by atoms with van der Waals surface area (Å²) in [5, 5.41) is 0. The van der Waals surface area contributed by atoms with Gasteiger partial charge in [0.1, 0.15) is 5.75 Å². The van der Waals surface area contributed by atoms with Crippen molar-refractivity contribution in [1.82, 2.24) is 0 Å². The molecular formula is C13H19IO. The van der Waals surface area contributed by atoms with Crippen molar-refractivity contribution < 1.29 is 3.07 Å². The topological polar surface area (TPSA) is 9.23 Å². The molecule has 0 N–H and O–H groups in total. The molecule has 0 aliphatic rings. The Morgan fingerprint density at radius 3 is 2.27 bits per heavy atom. The van der Waals surface area contributed by atoms with Crippen molar-refractivity contribution in [2.45, 2.75) is 41.0 Å². The summed E-state index contributed by atoms with van der Waals surface area (Å²) in [6, 6.07) is 2.22. The lowest BCUT2D eigenvalue weighted by Gasteiger charge is -2.16. The van der Waals surface area contributed by atoms with E-state index in [2.05, 4.69) is 40.7 Å². The van der Waals surface area contributed by atoms with E-state index >= 15 is 0 Å². The van der Waals surface area contributed by atoms with Crippen LogP contribution in [-0.4, -0.2) is 0 Å². The van der Waals surface area contributed by atoms with E-state index in [4.69, 9.17) is 3.07 Å². The first-order valence-electron chi connectivity index (χ1n) is 5.35. The van der Waals surface area contributed by atoms with E-state index in [1.807, 2.05) is 23.0 Å². The van der Waals surface area contributed by atoms with Crippen LogP contribution in [0.5, 0.6) is 5.75 Å². The molecular weight excluding hydrogens is 299 g/mol. The van der Waals surface area contributed by atoms with Gasteiger partial charge in [0.05, 0.1) is 0 Å². The van der Waals surface area contributed by atoms with Gasteiger partial charge < -0.3 is 3.07 Å². The highest BCUT2D eigenvalue weighted by molar-refractivity contribution is 14.1. The number of benzene rings is 1. The molecule has 0 heterocycles. The molecule has 0 amide bonds. The van der Waals surface area contributed by atoms with E-state index in [-0.39, 0.29) is 0 Å². The van der Waals surface area contributed by atoms with Gasteiger partial charge in [-0.1, -0.05) is 19.9 Å². The number of hydrogen-bond donors (Lipinski definition) is 0. The summed E-state index contributed by atoms with van der Waals surface area (Å²) in [4.78, 5) is 0. The second-order valence-electron chi connectivity index (χ2n) is 4.62. The predicted molar refractivity (Wildman–Crippen MR) is 73.8 cm³/mol. The minimum atomic E-state index is 0.687. The van der Waals surface area contributed by atoms with Gasteiger partial charge in [-0.25, -0.2) is 0 Å². The first kappa shape index (κ1) is 12.8. The van der Waals surface area contributed by atoms with E-state index in [0.717, 1.165) is 12.2 Å². The second-order valence-corrected chi connectivity index (χ2v) is 5.06. The van der Waals surface area contributed by atoms with Gasteiger partial charge in [-0.05, 0) is 55.4 Å². The first-order valence-corrected chi connectivity index (χ1v) is 6.23. The molecule has 84 valence electrons. The Morgan fingerprint density at radius 1 is 1.20 bits per heavy atom. The van der Waals surface area contributed by atoms with Crippen LogP contribution in [-0.2, 0) is 6.42 Å². The van der Waals surface area contributed by atoms with Crippen LogP contribution < -0.4 is 3.07 Å². The summed E-state index contributed by atoms with van der Waals surface area (Å²) in [6.07, 6.45) is 1.13. The maximum Gasteiger partial charge on any atom is 0.192 e. The molecule has 0 spiro atoms. The van der Waals surface area contributed by atoms with E-state index in [9.17, 15) is 0 Å². The van der Waals surface area contributed by atoms with Crippen LogP contribution >= 0.6 is 23.0 Å². The predicted octanol–water partition coefficient (Wildman–Crippen LogP) is 4.54. The van der Waals surface area contributed by atoms with Crippen molar-refractivity contribution in [3.8, 4) is 5.75 Å². The van der Waals surface area contributed by atoms with Crippen molar-refractivity contribution >= 4 is 23.0 Å². The van der Waals surface area contributed by atoms with Crippen molar-refractivity contribution in [3.05, 3.63) is 28.3 Å². The molecule has 0 radical (unpaired) electrons. The van der Waals surface area contributed by atoms with Gasteiger partial charge in [0.25, 0.3) is 0 Å². The lowest BCUT2D eigenvalue weighted by Crippen LogP contribution is -2.02. The van der Waals surface area contributed by atoms with Crippen LogP contribution in [0.15, 0.2) is 6.07 Å². The molecule has 0 saturated carbocycles. The molecule has 2 heteroatoms. The van der Waals surface area contributed by atoms with Gasteiger partial charge in [-0.15, -0.1) is 0 Å². The Kier molecular flexibility index (Phi) is 4.44. The van der Waals surface area contributed by atoms with Crippen LogP contribution in [0.25, 0.3) is 0 Å². The molecule has 0 fully saturated rings. The Bertz CT molecular complexity index is 356. The summed E-state index contributed by atoms with van der Waals surface area (Å²) in [5.74, 6) is 1.73. The van der Waals surface area contributed by atoms with Gasteiger partial charge >= 0.3 is 0 Å². The van der Waals surface area contributed by atoms with E-state index < -0.39 is 0 Å². The molecule has 0 bridgehead atoms. The third-order valence-corrected chi connectivity index (χ3v) is 3.19. The minimum Gasteiger partial charge on any atom is -0.427 e. The zero-order valence-electron chi connectivity index (χ0n) is 10.1. The molecule has 0 unspecified atom stereocenters. The molecule has 1 nitrogen and oxygen atoms in total. The third kappa shape index (κ3) is 2.86. The molecule has 15 heavy (non-hydrogen) atoms. The molecule has 1 rings (SSSR count). The Labute approximate surface area is 107 Å². The van der Waals surface area contributed by atoms with Crippen LogP contribution in [0.1, 0.15) is 36.1 Å². The summed E-state index contributed by atoms with van der Waals surface area (Å²) in [7, 11) is 0. The Balaban J connectivity index is 3.26. The molecule has 0 saturated heterocycles. The van der Waals surface area contributed by atoms with Crippen LogP contribution in [0.2, 0.25) is 0 Å². The maximum absolute atomic E-state index is 5.42. The normalized spacial score (nSPS) is 10.9. The lowest BCUT2D eigenvalue weighted by atomic mass is 9.92. The zero-order valence-corrected chi connectivity index (χ0v) is 12.3. The molecule has 0 atom stereocenters. The Morgan fingerprint density at radius 2 is 1.80 bits per heavy atom. The second kappa shape index (κ2) is 5.19. The van der Waals surface area contributed by atoms with Gasteiger partial charge in [0.15, 0.2) is 23.0 Å². The van der Waals surface area contributed by atoms with E-state index in [1.54, 1.807) is 0 Å². The van der Waals surface area contributed by atoms with Gasteiger partial charge in [0, 0.05) is 0 Å². The third-order valence-electron chi connectivity index (χ3n) is 2.75. The highest BCUT2D eigenvalue weighted by atomic mass is 127. The zero-order chi connectivity index (χ0) is 11.6. The first-order chi connectivity index (χ1) is 6.97. The number of rotatable bonds is 3. The minimum absolute atomic E-state index is 0.687. The molecule has 1 aromatic rings. The van der Waals surface area contributed by atoms with Gasteiger partial charge in [0.2, 0.25) is 0 Å². The summed E-state index contributed by atoms with van der Waals surface area (Å²) >= 11 is 1.97. The molecule has 0 aliphatic carbocycles. The summed E-state index contributed by atoms with van der Waals surface area (Å²) in [6.45, 7) is 11.0. The molecule has 0 aliphatic heterocycles.